The molecular formula is C19H23NO3. The Bertz CT molecular complexity index is 626. The van der Waals surface area contributed by atoms with Crippen molar-refractivity contribution in [2.75, 3.05) is 18.5 Å². The van der Waals surface area contributed by atoms with Crippen molar-refractivity contribution in [2.45, 2.75) is 26.7 Å². The van der Waals surface area contributed by atoms with Crippen molar-refractivity contribution >= 4 is 11.6 Å². The molecule has 0 unspecified atom stereocenters. The van der Waals surface area contributed by atoms with Crippen LogP contribution in [-0.2, 0) is 0 Å². The van der Waals surface area contributed by atoms with Crippen LogP contribution in [0.15, 0.2) is 48.5 Å². The second-order valence-corrected chi connectivity index (χ2v) is 5.18. The van der Waals surface area contributed by atoms with Gasteiger partial charge in [-0.2, -0.15) is 0 Å². The molecule has 0 atom stereocenters. The van der Waals surface area contributed by atoms with Crippen LogP contribution in [0.2, 0.25) is 0 Å². The monoisotopic (exact) mass is 313 g/mol. The molecule has 23 heavy (non-hydrogen) atoms. The topological polar surface area (TPSA) is 47.6 Å². The second kappa shape index (κ2) is 8.83. The molecule has 2 rings (SSSR count). The summed E-state index contributed by atoms with van der Waals surface area (Å²) in [4.78, 5) is 12.4. The zero-order chi connectivity index (χ0) is 16.5. The standard InChI is InChI=1S/C19H23NO3/c1-3-12-22-16-10-11-18(23-13-4-2)17(14-16)20-19(21)15-8-6-5-7-9-15/h5-11,14H,3-4,12-13H2,1-2H3,(H,20,21). The Morgan fingerprint density at radius 2 is 1.65 bits per heavy atom. The van der Waals surface area contributed by atoms with Gasteiger partial charge in [-0.3, -0.25) is 4.79 Å². The minimum Gasteiger partial charge on any atom is -0.494 e. The lowest BCUT2D eigenvalue weighted by Gasteiger charge is -2.14. The van der Waals surface area contributed by atoms with Crippen LogP contribution in [0, 0.1) is 0 Å². The van der Waals surface area contributed by atoms with Gasteiger partial charge in [0.1, 0.15) is 11.5 Å². The molecule has 1 amide bonds. The molecule has 0 aliphatic heterocycles. The van der Waals surface area contributed by atoms with Gasteiger partial charge in [0, 0.05) is 11.6 Å². The molecule has 0 bridgehead atoms. The smallest absolute Gasteiger partial charge is 0.255 e. The van der Waals surface area contributed by atoms with E-state index in [1.165, 1.54) is 0 Å². The van der Waals surface area contributed by atoms with Crippen LogP contribution in [0.5, 0.6) is 11.5 Å². The van der Waals surface area contributed by atoms with Gasteiger partial charge in [0.25, 0.3) is 5.91 Å². The van der Waals surface area contributed by atoms with E-state index in [0.717, 1.165) is 18.6 Å². The van der Waals surface area contributed by atoms with Gasteiger partial charge >= 0.3 is 0 Å². The fraction of sp³-hybridized carbons (Fsp3) is 0.316. The molecule has 2 aromatic carbocycles. The molecule has 0 aliphatic carbocycles. The Balaban J connectivity index is 2.19. The Kier molecular flexibility index (Phi) is 6.48. The van der Waals surface area contributed by atoms with E-state index in [0.29, 0.717) is 30.2 Å². The number of rotatable bonds is 8. The largest absolute Gasteiger partial charge is 0.494 e. The fourth-order valence-electron chi connectivity index (χ4n) is 2.04. The van der Waals surface area contributed by atoms with E-state index in [9.17, 15) is 4.79 Å². The molecular weight excluding hydrogens is 290 g/mol. The molecule has 4 heteroatoms. The van der Waals surface area contributed by atoms with E-state index in [4.69, 9.17) is 9.47 Å². The number of amides is 1. The first kappa shape index (κ1) is 16.9. The van der Waals surface area contributed by atoms with Crippen LogP contribution >= 0.6 is 0 Å². The second-order valence-electron chi connectivity index (χ2n) is 5.18. The fourth-order valence-corrected chi connectivity index (χ4v) is 2.04. The van der Waals surface area contributed by atoms with Crippen LogP contribution in [-0.4, -0.2) is 19.1 Å². The number of carbonyl (C=O) groups is 1. The number of benzene rings is 2. The van der Waals surface area contributed by atoms with Gasteiger partial charge in [0.2, 0.25) is 0 Å². The maximum Gasteiger partial charge on any atom is 0.255 e. The molecule has 122 valence electrons. The van der Waals surface area contributed by atoms with Gasteiger partial charge in [-0.05, 0) is 37.1 Å². The van der Waals surface area contributed by atoms with E-state index < -0.39 is 0 Å². The Labute approximate surface area is 137 Å². The van der Waals surface area contributed by atoms with Crippen LogP contribution in [0.3, 0.4) is 0 Å². The summed E-state index contributed by atoms with van der Waals surface area (Å²) < 4.78 is 11.3. The zero-order valence-electron chi connectivity index (χ0n) is 13.7. The summed E-state index contributed by atoms with van der Waals surface area (Å²) in [5.41, 5.74) is 1.23. The highest BCUT2D eigenvalue weighted by atomic mass is 16.5. The van der Waals surface area contributed by atoms with Gasteiger partial charge in [-0.15, -0.1) is 0 Å². The summed E-state index contributed by atoms with van der Waals surface area (Å²) in [5.74, 6) is 1.21. The molecule has 0 saturated heterocycles. The van der Waals surface area contributed by atoms with Crippen molar-refractivity contribution in [2.24, 2.45) is 0 Å². The summed E-state index contributed by atoms with van der Waals surface area (Å²) in [6, 6.07) is 14.6. The minimum absolute atomic E-state index is 0.167. The summed E-state index contributed by atoms with van der Waals surface area (Å²) in [7, 11) is 0. The maximum absolute atomic E-state index is 12.4. The highest BCUT2D eigenvalue weighted by Crippen LogP contribution is 2.30. The first-order chi connectivity index (χ1) is 11.2. The molecule has 0 fully saturated rings. The third-order valence-corrected chi connectivity index (χ3v) is 3.17. The summed E-state index contributed by atoms with van der Waals surface area (Å²) in [6.45, 7) is 5.34. The number of carbonyl (C=O) groups excluding carboxylic acids is 1. The molecule has 2 aromatic rings. The number of hydrogen-bond donors (Lipinski definition) is 1. The molecule has 0 heterocycles. The normalized spacial score (nSPS) is 10.2. The highest BCUT2D eigenvalue weighted by molar-refractivity contribution is 6.05. The van der Waals surface area contributed by atoms with Crippen molar-refractivity contribution in [1.29, 1.82) is 0 Å². The van der Waals surface area contributed by atoms with E-state index in [1.54, 1.807) is 12.1 Å². The number of anilines is 1. The molecule has 0 aromatic heterocycles. The van der Waals surface area contributed by atoms with Crippen molar-refractivity contribution in [3.63, 3.8) is 0 Å². The molecule has 1 N–H and O–H groups in total. The van der Waals surface area contributed by atoms with Crippen molar-refractivity contribution in [1.82, 2.24) is 0 Å². The van der Waals surface area contributed by atoms with Crippen LogP contribution in [0.25, 0.3) is 0 Å². The van der Waals surface area contributed by atoms with E-state index in [-0.39, 0.29) is 5.91 Å². The lowest BCUT2D eigenvalue weighted by atomic mass is 10.2. The highest BCUT2D eigenvalue weighted by Gasteiger charge is 2.11. The molecule has 0 spiro atoms. The average Bonchev–Trinajstić information content (AvgIpc) is 2.60. The summed E-state index contributed by atoms with van der Waals surface area (Å²) in [6.07, 6.45) is 1.83. The predicted molar refractivity (Wildman–Crippen MR) is 92.4 cm³/mol. The quantitative estimate of drug-likeness (QED) is 0.779. The lowest BCUT2D eigenvalue weighted by molar-refractivity contribution is 0.102. The van der Waals surface area contributed by atoms with Gasteiger partial charge < -0.3 is 14.8 Å². The maximum atomic E-state index is 12.4. The average molecular weight is 313 g/mol. The van der Waals surface area contributed by atoms with Gasteiger partial charge in [0.05, 0.1) is 18.9 Å². The minimum atomic E-state index is -0.167. The summed E-state index contributed by atoms with van der Waals surface area (Å²) in [5, 5.41) is 2.91. The van der Waals surface area contributed by atoms with Crippen LogP contribution in [0.1, 0.15) is 37.0 Å². The third kappa shape index (κ3) is 5.02. The molecule has 4 nitrogen and oxygen atoms in total. The SMILES string of the molecule is CCCOc1ccc(OCCC)c(NC(=O)c2ccccc2)c1. The Hall–Kier alpha value is -2.49. The Morgan fingerprint density at radius 1 is 0.957 bits per heavy atom. The first-order valence-electron chi connectivity index (χ1n) is 8.00. The first-order valence-corrected chi connectivity index (χ1v) is 8.00. The van der Waals surface area contributed by atoms with Crippen molar-refractivity contribution in [3.8, 4) is 11.5 Å². The Morgan fingerprint density at radius 3 is 2.35 bits per heavy atom. The molecule has 0 radical (unpaired) electrons. The van der Waals surface area contributed by atoms with E-state index in [1.807, 2.05) is 43.3 Å². The lowest BCUT2D eigenvalue weighted by Crippen LogP contribution is -2.13. The van der Waals surface area contributed by atoms with Gasteiger partial charge in [0.15, 0.2) is 0 Å². The zero-order valence-corrected chi connectivity index (χ0v) is 13.7. The van der Waals surface area contributed by atoms with Gasteiger partial charge in [-0.25, -0.2) is 0 Å². The number of nitrogens with one attached hydrogen (secondary N) is 1. The van der Waals surface area contributed by atoms with Crippen molar-refractivity contribution < 1.29 is 14.3 Å². The molecule has 0 saturated carbocycles. The molecule has 0 aliphatic rings. The predicted octanol–water partition coefficient (Wildman–Crippen LogP) is 4.52. The van der Waals surface area contributed by atoms with Gasteiger partial charge in [-0.1, -0.05) is 32.0 Å². The van der Waals surface area contributed by atoms with Crippen LogP contribution in [0.4, 0.5) is 5.69 Å². The van der Waals surface area contributed by atoms with E-state index >= 15 is 0 Å². The van der Waals surface area contributed by atoms with E-state index in [2.05, 4.69) is 12.2 Å². The third-order valence-electron chi connectivity index (χ3n) is 3.17. The summed E-state index contributed by atoms with van der Waals surface area (Å²) >= 11 is 0. The van der Waals surface area contributed by atoms with Crippen LogP contribution < -0.4 is 14.8 Å². The number of ether oxygens (including phenoxy) is 2. The number of hydrogen-bond acceptors (Lipinski definition) is 3. The van der Waals surface area contributed by atoms with Crippen molar-refractivity contribution in [3.05, 3.63) is 54.1 Å².